The Balaban J connectivity index is 1.61. The van der Waals surface area contributed by atoms with Crippen LogP contribution in [0.3, 0.4) is 0 Å². The number of nitrogens with zero attached hydrogens (tertiary/aromatic N) is 1. The number of hydrogen-bond acceptors (Lipinski definition) is 4. The number of nitrogens with one attached hydrogen (secondary N) is 2. The van der Waals surface area contributed by atoms with E-state index in [1.54, 1.807) is 0 Å². The van der Waals surface area contributed by atoms with Crippen molar-refractivity contribution >= 4 is 17.7 Å². The zero-order valence-corrected chi connectivity index (χ0v) is 11.2. The lowest BCUT2D eigenvalue weighted by molar-refractivity contribution is -0.122. The molecule has 4 nitrogen and oxygen atoms in total. The fourth-order valence-corrected chi connectivity index (χ4v) is 3.55. The van der Waals surface area contributed by atoms with Crippen molar-refractivity contribution in [3.63, 3.8) is 0 Å². The van der Waals surface area contributed by atoms with E-state index in [4.69, 9.17) is 0 Å². The highest BCUT2D eigenvalue weighted by molar-refractivity contribution is 8.00. The molecule has 2 heterocycles. The SMILES string of the molecule is O=C(CN1CCCNCC1)NCC1CCCS1. The second-order valence-electron chi connectivity index (χ2n) is 4.82. The summed E-state index contributed by atoms with van der Waals surface area (Å²) in [5.41, 5.74) is 0. The monoisotopic (exact) mass is 257 g/mol. The van der Waals surface area contributed by atoms with Crippen molar-refractivity contribution in [3.8, 4) is 0 Å². The second kappa shape index (κ2) is 7.24. The van der Waals surface area contributed by atoms with E-state index in [0.29, 0.717) is 11.8 Å². The largest absolute Gasteiger partial charge is 0.354 e. The van der Waals surface area contributed by atoms with Crippen LogP contribution in [0.2, 0.25) is 0 Å². The first-order valence-electron chi connectivity index (χ1n) is 6.66. The fraction of sp³-hybridized carbons (Fsp3) is 0.917. The van der Waals surface area contributed by atoms with Gasteiger partial charge in [-0.05, 0) is 38.1 Å². The number of carbonyl (C=O) groups excluding carboxylic acids is 1. The van der Waals surface area contributed by atoms with Gasteiger partial charge in [0.05, 0.1) is 6.54 Å². The highest BCUT2D eigenvalue weighted by atomic mass is 32.2. The van der Waals surface area contributed by atoms with E-state index in [0.717, 1.165) is 39.1 Å². The van der Waals surface area contributed by atoms with E-state index in [-0.39, 0.29) is 5.91 Å². The zero-order chi connectivity index (χ0) is 11.9. The van der Waals surface area contributed by atoms with Gasteiger partial charge in [-0.25, -0.2) is 0 Å². The van der Waals surface area contributed by atoms with Crippen molar-refractivity contribution < 1.29 is 4.79 Å². The molecule has 2 aliphatic heterocycles. The molecule has 98 valence electrons. The van der Waals surface area contributed by atoms with E-state index < -0.39 is 0 Å². The summed E-state index contributed by atoms with van der Waals surface area (Å²) < 4.78 is 0. The van der Waals surface area contributed by atoms with Crippen LogP contribution in [-0.2, 0) is 4.79 Å². The maximum atomic E-state index is 11.8. The van der Waals surface area contributed by atoms with Crippen LogP contribution in [0.5, 0.6) is 0 Å². The van der Waals surface area contributed by atoms with E-state index in [9.17, 15) is 4.79 Å². The summed E-state index contributed by atoms with van der Waals surface area (Å²) in [4.78, 5) is 14.0. The Bertz CT molecular complexity index is 236. The molecule has 1 unspecified atom stereocenters. The molecule has 0 bridgehead atoms. The quantitative estimate of drug-likeness (QED) is 0.760. The normalized spacial score (nSPS) is 26.7. The third-order valence-corrected chi connectivity index (χ3v) is 4.75. The van der Waals surface area contributed by atoms with Crippen LogP contribution >= 0.6 is 11.8 Å². The Hall–Kier alpha value is -0.260. The predicted octanol–water partition coefficient (Wildman–Crippen LogP) is 0.294. The number of hydrogen-bond donors (Lipinski definition) is 2. The Morgan fingerprint density at radius 2 is 2.29 bits per heavy atom. The summed E-state index contributed by atoms with van der Waals surface area (Å²) in [5.74, 6) is 1.46. The summed E-state index contributed by atoms with van der Waals surface area (Å²) >= 11 is 2.00. The summed E-state index contributed by atoms with van der Waals surface area (Å²) in [6, 6.07) is 0. The van der Waals surface area contributed by atoms with Crippen molar-refractivity contribution in [1.82, 2.24) is 15.5 Å². The lowest BCUT2D eigenvalue weighted by atomic mass is 10.2. The van der Waals surface area contributed by atoms with Crippen molar-refractivity contribution in [2.75, 3.05) is 45.0 Å². The van der Waals surface area contributed by atoms with E-state index >= 15 is 0 Å². The van der Waals surface area contributed by atoms with Gasteiger partial charge < -0.3 is 10.6 Å². The van der Waals surface area contributed by atoms with E-state index in [1.807, 2.05) is 11.8 Å². The zero-order valence-electron chi connectivity index (χ0n) is 10.4. The molecule has 0 aliphatic carbocycles. The van der Waals surface area contributed by atoms with Crippen LogP contribution < -0.4 is 10.6 Å². The summed E-state index contributed by atoms with van der Waals surface area (Å²) in [5, 5.41) is 7.08. The standard InChI is InChI=1S/C12H23N3OS/c16-12(14-9-11-3-1-8-17-11)10-15-6-2-4-13-5-7-15/h11,13H,1-10H2,(H,14,16). The van der Waals surface area contributed by atoms with Crippen molar-refractivity contribution in [1.29, 1.82) is 0 Å². The van der Waals surface area contributed by atoms with E-state index in [2.05, 4.69) is 15.5 Å². The molecule has 0 saturated carbocycles. The smallest absolute Gasteiger partial charge is 0.234 e. The Labute approximate surface area is 108 Å². The fourth-order valence-electron chi connectivity index (χ4n) is 2.35. The first-order valence-corrected chi connectivity index (χ1v) is 7.71. The molecule has 1 amide bonds. The topological polar surface area (TPSA) is 44.4 Å². The number of carbonyl (C=O) groups is 1. The van der Waals surface area contributed by atoms with Gasteiger partial charge in [0.2, 0.25) is 5.91 Å². The molecule has 17 heavy (non-hydrogen) atoms. The van der Waals surface area contributed by atoms with Crippen molar-refractivity contribution in [2.24, 2.45) is 0 Å². The number of rotatable bonds is 4. The molecule has 2 rings (SSSR count). The number of thioether (sulfide) groups is 1. The van der Waals surface area contributed by atoms with Crippen molar-refractivity contribution in [3.05, 3.63) is 0 Å². The van der Waals surface area contributed by atoms with Gasteiger partial charge in [0, 0.05) is 24.9 Å². The van der Waals surface area contributed by atoms with Gasteiger partial charge >= 0.3 is 0 Å². The van der Waals surface area contributed by atoms with Crippen LogP contribution in [0.1, 0.15) is 19.3 Å². The van der Waals surface area contributed by atoms with Gasteiger partial charge in [0.15, 0.2) is 0 Å². The van der Waals surface area contributed by atoms with Gasteiger partial charge in [-0.2, -0.15) is 11.8 Å². The molecule has 0 aromatic carbocycles. The first-order chi connectivity index (χ1) is 8.34. The minimum atomic E-state index is 0.194. The predicted molar refractivity (Wildman–Crippen MR) is 72.4 cm³/mol. The molecule has 0 aromatic rings. The number of amides is 1. The van der Waals surface area contributed by atoms with Gasteiger partial charge in [-0.1, -0.05) is 0 Å². The summed E-state index contributed by atoms with van der Waals surface area (Å²) in [7, 11) is 0. The third kappa shape index (κ3) is 4.85. The minimum absolute atomic E-state index is 0.194. The highest BCUT2D eigenvalue weighted by Gasteiger charge is 2.17. The second-order valence-corrected chi connectivity index (χ2v) is 6.23. The Kier molecular flexibility index (Phi) is 5.61. The van der Waals surface area contributed by atoms with Crippen molar-refractivity contribution in [2.45, 2.75) is 24.5 Å². The molecule has 2 fully saturated rings. The molecule has 2 aliphatic rings. The van der Waals surface area contributed by atoms with Gasteiger partial charge in [0.25, 0.3) is 0 Å². The molecule has 5 heteroatoms. The van der Waals surface area contributed by atoms with Crippen LogP contribution in [-0.4, -0.2) is 61.1 Å². The molecular formula is C12H23N3OS. The maximum Gasteiger partial charge on any atom is 0.234 e. The average molecular weight is 257 g/mol. The van der Waals surface area contributed by atoms with Gasteiger partial charge in [-0.3, -0.25) is 9.69 Å². The van der Waals surface area contributed by atoms with Gasteiger partial charge in [0.1, 0.15) is 0 Å². The van der Waals surface area contributed by atoms with Gasteiger partial charge in [-0.15, -0.1) is 0 Å². The summed E-state index contributed by atoms with van der Waals surface area (Å²) in [6.45, 7) is 5.54. The van der Waals surface area contributed by atoms with Crippen LogP contribution in [0.4, 0.5) is 0 Å². The maximum absolute atomic E-state index is 11.8. The average Bonchev–Trinajstić information content (AvgIpc) is 2.72. The third-order valence-electron chi connectivity index (χ3n) is 3.35. The molecular weight excluding hydrogens is 234 g/mol. The molecule has 0 spiro atoms. The summed E-state index contributed by atoms with van der Waals surface area (Å²) in [6.07, 6.45) is 3.72. The minimum Gasteiger partial charge on any atom is -0.354 e. The van der Waals surface area contributed by atoms with Crippen LogP contribution in [0, 0.1) is 0 Å². The molecule has 1 atom stereocenters. The highest BCUT2D eigenvalue weighted by Crippen LogP contribution is 2.25. The Morgan fingerprint density at radius 1 is 1.35 bits per heavy atom. The lowest BCUT2D eigenvalue weighted by Gasteiger charge is -2.19. The lowest BCUT2D eigenvalue weighted by Crippen LogP contribution is -2.40. The molecule has 0 aromatic heterocycles. The molecule has 0 radical (unpaired) electrons. The first kappa shape index (κ1) is 13.2. The van der Waals surface area contributed by atoms with Crippen LogP contribution in [0.15, 0.2) is 0 Å². The Morgan fingerprint density at radius 3 is 3.12 bits per heavy atom. The van der Waals surface area contributed by atoms with E-state index in [1.165, 1.54) is 18.6 Å². The molecule has 2 saturated heterocycles. The molecule has 2 N–H and O–H groups in total. The van der Waals surface area contributed by atoms with Crippen LogP contribution in [0.25, 0.3) is 0 Å².